The molecule has 0 bridgehead atoms. The Morgan fingerprint density at radius 2 is 2.19 bits per heavy atom. The van der Waals surface area contributed by atoms with Crippen LogP contribution in [0.15, 0.2) is 24.4 Å². The van der Waals surface area contributed by atoms with E-state index >= 15 is 0 Å². The maximum absolute atomic E-state index is 10.0. The Kier molecular flexibility index (Phi) is 2.99. The first-order valence-corrected chi connectivity index (χ1v) is 5.67. The van der Waals surface area contributed by atoms with Crippen molar-refractivity contribution in [2.24, 2.45) is 5.73 Å². The van der Waals surface area contributed by atoms with Gasteiger partial charge in [-0.15, -0.1) is 0 Å². The van der Waals surface area contributed by atoms with Crippen molar-refractivity contribution >= 4 is 10.9 Å². The summed E-state index contributed by atoms with van der Waals surface area (Å²) < 4.78 is 0. The van der Waals surface area contributed by atoms with Crippen molar-refractivity contribution in [3.8, 4) is 0 Å². The van der Waals surface area contributed by atoms with Crippen LogP contribution in [-0.2, 0) is 6.42 Å². The summed E-state index contributed by atoms with van der Waals surface area (Å²) in [6, 6.07) is 5.88. The lowest BCUT2D eigenvalue weighted by Gasteiger charge is -2.13. The molecular weight excluding hydrogens is 200 g/mol. The van der Waals surface area contributed by atoms with Crippen molar-refractivity contribution < 1.29 is 5.11 Å². The Morgan fingerprint density at radius 1 is 1.44 bits per heavy atom. The molecule has 2 atom stereocenters. The fourth-order valence-corrected chi connectivity index (χ4v) is 2.06. The van der Waals surface area contributed by atoms with Gasteiger partial charge < -0.3 is 15.8 Å². The van der Waals surface area contributed by atoms with Crippen molar-refractivity contribution in [3.63, 3.8) is 0 Å². The minimum atomic E-state index is -0.610. The Bertz CT molecular complexity index is 488. The monoisotopic (exact) mass is 218 g/mol. The largest absolute Gasteiger partial charge is 0.387 e. The Hall–Kier alpha value is -1.32. The number of aromatic nitrogens is 1. The number of benzene rings is 1. The number of para-hydroxylation sites is 1. The number of aryl methyl sites for hydroxylation is 1. The molecule has 2 rings (SSSR count). The summed E-state index contributed by atoms with van der Waals surface area (Å²) in [5.41, 5.74) is 8.99. The maximum atomic E-state index is 10.0. The van der Waals surface area contributed by atoms with Crippen molar-refractivity contribution in [1.82, 2.24) is 4.98 Å². The number of rotatable bonds is 3. The van der Waals surface area contributed by atoms with Crippen LogP contribution in [0.2, 0.25) is 0 Å². The molecule has 0 aliphatic heterocycles. The summed E-state index contributed by atoms with van der Waals surface area (Å²) >= 11 is 0. The molecule has 0 radical (unpaired) electrons. The molecule has 3 nitrogen and oxygen atoms in total. The van der Waals surface area contributed by atoms with E-state index in [2.05, 4.69) is 18.0 Å². The number of nitrogens with one attached hydrogen (secondary N) is 1. The van der Waals surface area contributed by atoms with Gasteiger partial charge in [-0.25, -0.2) is 0 Å². The third-order valence-corrected chi connectivity index (χ3v) is 3.03. The zero-order chi connectivity index (χ0) is 11.7. The molecule has 0 aliphatic carbocycles. The molecule has 0 saturated carbocycles. The quantitative estimate of drug-likeness (QED) is 0.739. The molecule has 1 aromatic heterocycles. The molecular formula is C13H18N2O. The van der Waals surface area contributed by atoms with Gasteiger partial charge in [0.15, 0.2) is 0 Å². The molecule has 2 aromatic rings. The topological polar surface area (TPSA) is 62.0 Å². The van der Waals surface area contributed by atoms with Crippen LogP contribution < -0.4 is 5.73 Å². The molecule has 1 aromatic carbocycles. The summed E-state index contributed by atoms with van der Waals surface area (Å²) in [4.78, 5) is 3.23. The summed E-state index contributed by atoms with van der Waals surface area (Å²) in [5.74, 6) is 0. The fraction of sp³-hybridized carbons (Fsp3) is 0.385. The van der Waals surface area contributed by atoms with Gasteiger partial charge in [0.1, 0.15) is 0 Å². The number of fused-ring (bicyclic) bond motifs is 1. The molecule has 0 amide bonds. The molecule has 4 N–H and O–H groups in total. The SMILES string of the molecule is CCc1cccc2c(C(O)C(C)N)c[nH]c12. The Morgan fingerprint density at radius 3 is 2.81 bits per heavy atom. The van der Waals surface area contributed by atoms with Crippen molar-refractivity contribution in [2.45, 2.75) is 32.4 Å². The van der Waals surface area contributed by atoms with E-state index in [1.807, 2.05) is 25.3 Å². The van der Waals surface area contributed by atoms with Crippen LogP contribution in [0.25, 0.3) is 10.9 Å². The number of H-pyrrole nitrogens is 1. The van der Waals surface area contributed by atoms with Gasteiger partial charge >= 0.3 is 0 Å². The standard InChI is InChI=1S/C13H18N2O/c1-3-9-5-4-6-10-11(7-15-12(9)10)13(16)8(2)14/h4-8,13,15-16H,3,14H2,1-2H3. The molecule has 0 spiro atoms. The van der Waals surface area contributed by atoms with Gasteiger partial charge in [-0.3, -0.25) is 0 Å². The molecule has 16 heavy (non-hydrogen) atoms. The van der Waals surface area contributed by atoms with Crippen LogP contribution in [0.1, 0.15) is 31.1 Å². The third kappa shape index (κ3) is 1.72. The van der Waals surface area contributed by atoms with Crippen LogP contribution in [0.3, 0.4) is 0 Å². The lowest BCUT2D eigenvalue weighted by molar-refractivity contribution is 0.155. The van der Waals surface area contributed by atoms with Crippen molar-refractivity contribution in [3.05, 3.63) is 35.5 Å². The first-order chi connectivity index (χ1) is 7.65. The van der Waals surface area contributed by atoms with Gasteiger partial charge in [-0.1, -0.05) is 25.1 Å². The van der Waals surface area contributed by atoms with E-state index in [0.717, 1.165) is 22.9 Å². The van der Waals surface area contributed by atoms with Gasteiger partial charge in [-0.05, 0) is 18.9 Å². The van der Waals surface area contributed by atoms with E-state index in [0.29, 0.717) is 0 Å². The van der Waals surface area contributed by atoms with Crippen LogP contribution in [0, 0.1) is 0 Å². The number of hydrogen-bond donors (Lipinski definition) is 3. The molecule has 86 valence electrons. The second kappa shape index (κ2) is 4.28. The molecule has 2 unspecified atom stereocenters. The van der Waals surface area contributed by atoms with Gasteiger partial charge in [0.2, 0.25) is 0 Å². The fourth-order valence-electron chi connectivity index (χ4n) is 2.06. The highest BCUT2D eigenvalue weighted by Gasteiger charge is 2.17. The summed E-state index contributed by atoms with van der Waals surface area (Å²) in [5, 5.41) is 11.1. The predicted molar refractivity (Wildman–Crippen MR) is 66.3 cm³/mol. The Labute approximate surface area is 95.3 Å². The van der Waals surface area contributed by atoms with Gasteiger partial charge in [-0.2, -0.15) is 0 Å². The van der Waals surface area contributed by atoms with E-state index in [1.54, 1.807) is 0 Å². The second-order valence-electron chi connectivity index (χ2n) is 4.24. The Balaban J connectivity index is 2.57. The van der Waals surface area contributed by atoms with Gasteiger partial charge in [0.25, 0.3) is 0 Å². The molecule has 0 fully saturated rings. The lowest BCUT2D eigenvalue weighted by Crippen LogP contribution is -2.24. The van der Waals surface area contributed by atoms with E-state index in [9.17, 15) is 5.11 Å². The van der Waals surface area contributed by atoms with Crippen LogP contribution in [0.5, 0.6) is 0 Å². The average Bonchev–Trinajstić information content (AvgIpc) is 2.71. The number of aromatic amines is 1. The molecule has 0 aliphatic rings. The minimum Gasteiger partial charge on any atom is -0.387 e. The van der Waals surface area contributed by atoms with E-state index < -0.39 is 6.10 Å². The highest BCUT2D eigenvalue weighted by atomic mass is 16.3. The van der Waals surface area contributed by atoms with Crippen LogP contribution in [0.4, 0.5) is 0 Å². The normalized spacial score (nSPS) is 15.2. The molecule has 1 heterocycles. The number of hydrogen-bond acceptors (Lipinski definition) is 2. The van der Waals surface area contributed by atoms with E-state index in [-0.39, 0.29) is 6.04 Å². The molecule has 0 saturated heterocycles. The average molecular weight is 218 g/mol. The van der Waals surface area contributed by atoms with Crippen LogP contribution in [-0.4, -0.2) is 16.1 Å². The first-order valence-electron chi connectivity index (χ1n) is 5.67. The zero-order valence-electron chi connectivity index (χ0n) is 9.70. The first kappa shape index (κ1) is 11.2. The summed E-state index contributed by atoms with van der Waals surface area (Å²) in [7, 11) is 0. The number of aliphatic hydroxyl groups excluding tert-OH is 1. The number of aliphatic hydroxyl groups is 1. The maximum Gasteiger partial charge on any atom is 0.0958 e. The molecule has 3 heteroatoms. The lowest BCUT2D eigenvalue weighted by atomic mass is 10.0. The number of nitrogens with two attached hydrogens (primary N) is 1. The summed E-state index contributed by atoms with van der Waals surface area (Å²) in [6.07, 6.45) is 2.23. The summed E-state index contributed by atoms with van der Waals surface area (Å²) in [6.45, 7) is 3.93. The van der Waals surface area contributed by atoms with Crippen LogP contribution >= 0.6 is 0 Å². The smallest absolute Gasteiger partial charge is 0.0958 e. The van der Waals surface area contributed by atoms with Crippen molar-refractivity contribution in [1.29, 1.82) is 0 Å². The minimum absolute atomic E-state index is 0.260. The second-order valence-corrected chi connectivity index (χ2v) is 4.24. The third-order valence-electron chi connectivity index (χ3n) is 3.03. The van der Waals surface area contributed by atoms with Gasteiger partial charge in [0, 0.05) is 28.7 Å². The highest BCUT2D eigenvalue weighted by molar-refractivity contribution is 5.86. The van der Waals surface area contributed by atoms with Gasteiger partial charge in [0.05, 0.1) is 6.10 Å². The zero-order valence-corrected chi connectivity index (χ0v) is 9.70. The van der Waals surface area contributed by atoms with Crippen molar-refractivity contribution in [2.75, 3.05) is 0 Å². The predicted octanol–water partition coefficient (Wildman–Crippen LogP) is 2.11. The van der Waals surface area contributed by atoms with E-state index in [1.165, 1.54) is 5.56 Å². The highest BCUT2D eigenvalue weighted by Crippen LogP contribution is 2.27. The van der Waals surface area contributed by atoms with E-state index in [4.69, 9.17) is 5.73 Å².